The second-order valence-electron chi connectivity index (χ2n) is 8.86. The van der Waals surface area contributed by atoms with Gasteiger partial charge in [0.2, 0.25) is 0 Å². The van der Waals surface area contributed by atoms with Crippen LogP contribution in [-0.4, -0.2) is 12.4 Å². The molecule has 1 atom stereocenters. The summed E-state index contributed by atoms with van der Waals surface area (Å²) in [4.78, 5) is 11.8. The number of ketones is 1. The highest BCUT2D eigenvalue weighted by atomic mass is 16.5. The topological polar surface area (TPSA) is 35.5 Å². The third-order valence-corrected chi connectivity index (χ3v) is 5.98. The summed E-state index contributed by atoms with van der Waals surface area (Å²) in [5.74, 6) is 1.71. The predicted molar refractivity (Wildman–Crippen MR) is 140 cm³/mol. The summed E-state index contributed by atoms with van der Waals surface area (Å²) < 4.78 is 12.1. The lowest BCUT2D eigenvalue weighted by atomic mass is 9.91. The lowest BCUT2D eigenvalue weighted by Crippen LogP contribution is -2.21. The van der Waals surface area contributed by atoms with Gasteiger partial charge in [0.1, 0.15) is 30.5 Å². The predicted octanol–water partition coefficient (Wildman–Crippen LogP) is 5.56. The van der Waals surface area contributed by atoms with Gasteiger partial charge in [0.25, 0.3) is 0 Å². The highest BCUT2D eigenvalue weighted by Gasteiger charge is 2.14. The molecule has 0 aliphatic heterocycles. The van der Waals surface area contributed by atoms with E-state index in [-0.39, 0.29) is 11.7 Å². The second-order valence-corrected chi connectivity index (χ2v) is 8.86. The summed E-state index contributed by atoms with van der Waals surface area (Å²) in [5.41, 5.74) is 4.60. The number of benzene rings is 3. The Morgan fingerprint density at radius 3 is 2.41 bits per heavy atom. The number of allylic oxidation sites excluding steroid dienone is 1. The van der Waals surface area contributed by atoms with E-state index in [9.17, 15) is 4.79 Å². The maximum absolute atomic E-state index is 11.8. The van der Waals surface area contributed by atoms with Gasteiger partial charge in [0, 0.05) is 12.0 Å². The first-order chi connectivity index (χ1) is 16.3. The van der Waals surface area contributed by atoms with Gasteiger partial charge in [-0.1, -0.05) is 74.2 Å². The maximum Gasteiger partial charge on any atom is 0.132 e. The van der Waals surface area contributed by atoms with Crippen LogP contribution in [0.4, 0.5) is 0 Å². The fourth-order valence-electron chi connectivity index (χ4n) is 3.63. The minimum absolute atomic E-state index is 0.00724. The zero-order chi connectivity index (χ0) is 24.5. The third kappa shape index (κ3) is 7.21. The van der Waals surface area contributed by atoms with Crippen LogP contribution >= 0.6 is 0 Å². The fourth-order valence-corrected chi connectivity index (χ4v) is 3.63. The molecule has 0 aliphatic carbocycles. The molecule has 0 aliphatic rings. The summed E-state index contributed by atoms with van der Waals surface area (Å²) in [6, 6.07) is 22.0. The minimum atomic E-state index is -0.00724. The van der Waals surface area contributed by atoms with Crippen LogP contribution in [0.5, 0.6) is 11.5 Å². The molecule has 0 N–H and O–H groups in total. The Labute approximate surface area is 203 Å². The molecule has 3 nitrogen and oxygen atoms in total. The Morgan fingerprint density at radius 2 is 1.68 bits per heavy atom. The van der Waals surface area contributed by atoms with Crippen LogP contribution in [0.1, 0.15) is 37.5 Å². The van der Waals surface area contributed by atoms with E-state index in [4.69, 9.17) is 9.47 Å². The molecule has 3 aromatic rings. The minimum Gasteiger partial charge on any atom is -0.489 e. The molecule has 0 radical (unpaired) electrons. The van der Waals surface area contributed by atoms with E-state index in [1.54, 1.807) is 6.92 Å². The van der Waals surface area contributed by atoms with Crippen molar-refractivity contribution in [1.29, 1.82) is 0 Å². The standard InChI is InChI=1S/C31H34O3/c1-22(16-17-27-12-7-6-10-23(27)2)20-33-29-14-9-15-30(19-29)34-21-28-13-8-11-24(3)31(28)18-25(4)26(5)32/h6-17,19,25H,2,18,20-21H2,1,3-5H3/b22-16+,27-17-. The molecule has 0 amide bonds. The Bertz CT molecular complexity index is 1270. The summed E-state index contributed by atoms with van der Waals surface area (Å²) in [6.45, 7) is 12.8. The van der Waals surface area contributed by atoms with Crippen molar-refractivity contribution in [1.82, 2.24) is 0 Å². The molecular formula is C31H34O3. The molecule has 0 saturated carbocycles. The first-order valence-electron chi connectivity index (χ1n) is 11.7. The number of carbonyl (C=O) groups is 1. The van der Waals surface area contributed by atoms with Gasteiger partial charge in [-0.3, -0.25) is 4.79 Å². The van der Waals surface area contributed by atoms with Crippen molar-refractivity contribution >= 4 is 18.4 Å². The van der Waals surface area contributed by atoms with Crippen LogP contribution in [0.2, 0.25) is 0 Å². The lowest BCUT2D eigenvalue weighted by molar-refractivity contribution is -0.120. The maximum atomic E-state index is 11.8. The fraction of sp³-hybridized carbons (Fsp3) is 0.258. The Hall–Kier alpha value is -3.59. The average Bonchev–Trinajstić information content (AvgIpc) is 2.82. The van der Waals surface area contributed by atoms with Crippen molar-refractivity contribution in [2.75, 3.05) is 6.61 Å². The van der Waals surface area contributed by atoms with Crippen LogP contribution in [0.25, 0.3) is 12.7 Å². The monoisotopic (exact) mass is 454 g/mol. The smallest absolute Gasteiger partial charge is 0.132 e. The van der Waals surface area contributed by atoms with Crippen LogP contribution in [-0.2, 0) is 17.8 Å². The first-order valence-corrected chi connectivity index (χ1v) is 11.7. The molecule has 3 heteroatoms. The largest absolute Gasteiger partial charge is 0.489 e. The quantitative estimate of drug-likeness (QED) is 0.402. The highest BCUT2D eigenvalue weighted by molar-refractivity contribution is 5.78. The molecular weight excluding hydrogens is 420 g/mol. The van der Waals surface area contributed by atoms with Gasteiger partial charge in [0.05, 0.1) is 0 Å². The van der Waals surface area contributed by atoms with Crippen LogP contribution < -0.4 is 19.9 Å². The van der Waals surface area contributed by atoms with Gasteiger partial charge in [-0.05, 0) is 72.0 Å². The third-order valence-electron chi connectivity index (χ3n) is 5.98. The number of aryl methyl sites for hydroxylation is 1. The van der Waals surface area contributed by atoms with Crippen molar-refractivity contribution in [2.45, 2.75) is 40.7 Å². The number of hydrogen-bond donors (Lipinski definition) is 0. The zero-order valence-corrected chi connectivity index (χ0v) is 20.6. The molecule has 0 spiro atoms. The Balaban J connectivity index is 1.63. The molecule has 0 fully saturated rings. The summed E-state index contributed by atoms with van der Waals surface area (Å²) in [6.07, 6.45) is 4.85. The highest BCUT2D eigenvalue weighted by Crippen LogP contribution is 2.24. The molecule has 0 aromatic heterocycles. The molecule has 0 heterocycles. The van der Waals surface area contributed by atoms with Crippen molar-refractivity contribution in [3.63, 3.8) is 0 Å². The van der Waals surface area contributed by atoms with E-state index >= 15 is 0 Å². The second kappa shape index (κ2) is 12.0. The summed E-state index contributed by atoms with van der Waals surface area (Å²) in [7, 11) is 0. The number of carbonyl (C=O) groups excluding carboxylic acids is 1. The summed E-state index contributed by atoms with van der Waals surface area (Å²) >= 11 is 0. The number of rotatable bonds is 10. The average molecular weight is 455 g/mol. The number of ether oxygens (including phenoxy) is 2. The molecule has 176 valence electrons. The molecule has 3 aromatic carbocycles. The van der Waals surface area contributed by atoms with E-state index in [2.05, 4.69) is 37.8 Å². The van der Waals surface area contributed by atoms with Gasteiger partial charge in [-0.15, -0.1) is 0 Å². The van der Waals surface area contributed by atoms with Crippen molar-refractivity contribution < 1.29 is 14.3 Å². The van der Waals surface area contributed by atoms with Gasteiger partial charge in [-0.2, -0.15) is 0 Å². The van der Waals surface area contributed by atoms with E-state index in [1.807, 2.05) is 68.4 Å². The van der Waals surface area contributed by atoms with E-state index in [0.717, 1.165) is 39.5 Å². The Morgan fingerprint density at radius 1 is 0.971 bits per heavy atom. The Kier molecular flexibility index (Phi) is 8.86. The molecule has 1 unspecified atom stereocenters. The van der Waals surface area contributed by atoms with Gasteiger partial charge in [-0.25, -0.2) is 0 Å². The van der Waals surface area contributed by atoms with Crippen LogP contribution in [0, 0.1) is 12.8 Å². The van der Waals surface area contributed by atoms with Gasteiger partial charge in [0.15, 0.2) is 0 Å². The van der Waals surface area contributed by atoms with Crippen molar-refractivity contribution in [3.05, 3.63) is 106 Å². The normalized spacial score (nSPS) is 12.9. The summed E-state index contributed by atoms with van der Waals surface area (Å²) in [5, 5.41) is 2.11. The zero-order valence-electron chi connectivity index (χ0n) is 20.6. The van der Waals surface area contributed by atoms with E-state index in [1.165, 1.54) is 11.1 Å². The SMILES string of the molecule is C=c1cccc/c1=C/C=C(\C)COc1cccc(OCc2cccc(C)c2CC(C)C(C)=O)c1. The molecule has 3 rings (SSSR count). The van der Waals surface area contributed by atoms with Crippen LogP contribution in [0.3, 0.4) is 0 Å². The van der Waals surface area contributed by atoms with E-state index < -0.39 is 0 Å². The first kappa shape index (κ1) is 25.0. The van der Waals surface area contributed by atoms with Crippen molar-refractivity contribution in [3.8, 4) is 11.5 Å². The van der Waals surface area contributed by atoms with E-state index in [0.29, 0.717) is 13.2 Å². The van der Waals surface area contributed by atoms with Gasteiger partial charge < -0.3 is 9.47 Å². The number of Topliss-reactive ketones (excluding diaryl/α,β-unsaturated/α-hetero) is 1. The molecule has 0 saturated heterocycles. The lowest BCUT2D eigenvalue weighted by Gasteiger charge is -2.16. The number of hydrogen-bond acceptors (Lipinski definition) is 3. The van der Waals surface area contributed by atoms with Crippen molar-refractivity contribution in [2.24, 2.45) is 5.92 Å². The van der Waals surface area contributed by atoms with Gasteiger partial charge >= 0.3 is 0 Å². The van der Waals surface area contributed by atoms with Crippen LogP contribution in [0.15, 0.2) is 78.4 Å². The molecule has 0 bridgehead atoms. The molecule has 34 heavy (non-hydrogen) atoms.